The van der Waals surface area contributed by atoms with Gasteiger partial charge in [0.25, 0.3) is 5.91 Å². The summed E-state index contributed by atoms with van der Waals surface area (Å²) >= 11 is 0. The molecular formula is C18H17N3O2. The molecule has 0 saturated heterocycles. The number of benzene rings is 1. The first-order chi connectivity index (χ1) is 11.1. The average molecular weight is 307 g/mol. The summed E-state index contributed by atoms with van der Waals surface area (Å²) in [7, 11) is 0. The molecule has 2 aromatic heterocycles. The lowest BCUT2D eigenvalue weighted by Gasteiger charge is -2.12. The zero-order valence-electron chi connectivity index (χ0n) is 13.0. The molecule has 1 N–H and O–H groups in total. The molecule has 3 aromatic rings. The maximum atomic E-state index is 12.4. The Morgan fingerprint density at radius 2 is 1.87 bits per heavy atom. The molecule has 1 atom stereocenters. The van der Waals surface area contributed by atoms with Gasteiger partial charge in [-0.2, -0.15) is 0 Å². The molecule has 0 aliphatic carbocycles. The summed E-state index contributed by atoms with van der Waals surface area (Å²) in [5.41, 5.74) is 1.93. The molecular weight excluding hydrogens is 290 g/mol. The van der Waals surface area contributed by atoms with Crippen LogP contribution < -0.4 is 5.32 Å². The van der Waals surface area contributed by atoms with E-state index < -0.39 is 0 Å². The highest BCUT2D eigenvalue weighted by Gasteiger charge is 2.20. The molecule has 0 bridgehead atoms. The van der Waals surface area contributed by atoms with E-state index in [9.17, 15) is 4.79 Å². The van der Waals surface area contributed by atoms with Crippen LogP contribution >= 0.6 is 0 Å². The zero-order valence-corrected chi connectivity index (χ0v) is 13.0. The van der Waals surface area contributed by atoms with Gasteiger partial charge in [-0.15, -0.1) is 0 Å². The van der Waals surface area contributed by atoms with Crippen molar-refractivity contribution in [1.29, 1.82) is 0 Å². The van der Waals surface area contributed by atoms with Gasteiger partial charge in [0.15, 0.2) is 5.69 Å². The van der Waals surface area contributed by atoms with Crippen LogP contribution in [-0.2, 0) is 0 Å². The maximum absolute atomic E-state index is 12.4. The summed E-state index contributed by atoms with van der Waals surface area (Å²) in [4.78, 5) is 21.0. The molecule has 1 aromatic carbocycles. The number of hydrogen-bond acceptors (Lipinski definition) is 4. The smallest absolute Gasteiger partial charge is 0.274 e. The lowest BCUT2D eigenvalue weighted by molar-refractivity contribution is 0.0933. The number of rotatable bonds is 4. The zero-order chi connectivity index (χ0) is 16.2. The predicted octanol–water partition coefficient (Wildman–Crippen LogP) is 3.54. The third kappa shape index (κ3) is 3.29. The van der Waals surface area contributed by atoms with E-state index in [1.54, 1.807) is 13.1 Å². The highest BCUT2D eigenvalue weighted by atomic mass is 16.4. The maximum Gasteiger partial charge on any atom is 0.274 e. The fraction of sp³-hybridized carbons (Fsp3) is 0.167. The molecule has 0 fully saturated rings. The van der Waals surface area contributed by atoms with E-state index in [1.165, 1.54) is 0 Å². The molecule has 5 heteroatoms. The highest BCUT2D eigenvalue weighted by Crippen LogP contribution is 2.21. The van der Waals surface area contributed by atoms with E-state index >= 15 is 0 Å². The number of amides is 1. The van der Waals surface area contributed by atoms with Crippen LogP contribution in [0.3, 0.4) is 0 Å². The topological polar surface area (TPSA) is 68.0 Å². The van der Waals surface area contributed by atoms with Crippen molar-refractivity contribution < 1.29 is 9.21 Å². The van der Waals surface area contributed by atoms with Crippen LogP contribution in [0.15, 0.2) is 59.1 Å². The molecule has 1 amide bonds. The van der Waals surface area contributed by atoms with Gasteiger partial charge in [0, 0.05) is 11.8 Å². The van der Waals surface area contributed by atoms with E-state index in [-0.39, 0.29) is 11.9 Å². The Morgan fingerprint density at radius 1 is 1.13 bits per heavy atom. The summed E-state index contributed by atoms with van der Waals surface area (Å²) in [5, 5.41) is 2.89. The van der Waals surface area contributed by atoms with Crippen molar-refractivity contribution in [3.63, 3.8) is 0 Å². The third-order valence-corrected chi connectivity index (χ3v) is 3.51. The average Bonchev–Trinajstić information content (AvgIpc) is 2.98. The Kier molecular flexibility index (Phi) is 4.19. The number of nitrogens with zero attached hydrogens (tertiary/aromatic N) is 2. The van der Waals surface area contributed by atoms with E-state index in [0.29, 0.717) is 17.3 Å². The minimum absolute atomic E-state index is 0.208. The van der Waals surface area contributed by atoms with Gasteiger partial charge in [-0.05, 0) is 38.1 Å². The van der Waals surface area contributed by atoms with E-state index in [1.807, 2.05) is 55.5 Å². The van der Waals surface area contributed by atoms with Crippen LogP contribution in [0.5, 0.6) is 0 Å². The Labute approximate surface area is 134 Å². The summed E-state index contributed by atoms with van der Waals surface area (Å²) in [5.74, 6) is 0.667. The Balaban J connectivity index is 1.79. The second kappa shape index (κ2) is 6.44. The number of oxazole rings is 1. The van der Waals surface area contributed by atoms with Gasteiger partial charge >= 0.3 is 0 Å². The van der Waals surface area contributed by atoms with E-state index in [2.05, 4.69) is 15.3 Å². The number of carbonyl (C=O) groups excluding carboxylic acids is 1. The predicted molar refractivity (Wildman–Crippen MR) is 86.8 cm³/mol. The van der Waals surface area contributed by atoms with Crippen LogP contribution in [-0.4, -0.2) is 15.9 Å². The molecule has 0 saturated carbocycles. The van der Waals surface area contributed by atoms with Crippen molar-refractivity contribution in [2.24, 2.45) is 0 Å². The third-order valence-electron chi connectivity index (χ3n) is 3.51. The summed E-state index contributed by atoms with van der Waals surface area (Å²) in [6.45, 7) is 3.62. The largest absolute Gasteiger partial charge is 0.441 e. The molecule has 23 heavy (non-hydrogen) atoms. The van der Waals surface area contributed by atoms with Gasteiger partial charge in [0.05, 0.1) is 11.7 Å². The molecule has 3 rings (SSSR count). The number of pyridine rings is 1. The fourth-order valence-electron chi connectivity index (χ4n) is 2.28. The fourth-order valence-corrected chi connectivity index (χ4v) is 2.28. The van der Waals surface area contributed by atoms with Crippen molar-refractivity contribution >= 4 is 5.91 Å². The lowest BCUT2D eigenvalue weighted by Crippen LogP contribution is -2.28. The van der Waals surface area contributed by atoms with Crippen molar-refractivity contribution in [3.8, 4) is 11.5 Å². The highest BCUT2D eigenvalue weighted by molar-refractivity contribution is 5.93. The van der Waals surface area contributed by atoms with Crippen molar-refractivity contribution in [1.82, 2.24) is 15.3 Å². The Bertz CT molecular complexity index is 798. The monoisotopic (exact) mass is 307 g/mol. The number of hydrogen-bond donors (Lipinski definition) is 1. The van der Waals surface area contributed by atoms with Crippen LogP contribution in [0, 0.1) is 6.92 Å². The quantitative estimate of drug-likeness (QED) is 0.800. The molecule has 0 radical (unpaired) electrons. The molecule has 5 nitrogen and oxygen atoms in total. The van der Waals surface area contributed by atoms with Gasteiger partial charge in [-0.3, -0.25) is 9.78 Å². The number of aryl methyl sites for hydroxylation is 1. The lowest BCUT2D eigenvalue weighted by atomic mass is 10.2. The summed E-state index contributed by atoms with van der Waals surface area (Å²) < 4.78 is 5.62. The number of nitrogens with one attached hydrogen (secondary N) is 1. The van der Waals surface area contributed by atoms with Crippen molar-refractivity contribution in [3.05, 3.63) is 71.9 Å². The second-order valence-corrected chi connectivity index (χ2v) is 5.24. The van der Waals surface area contributed by atoms with Crippen molar-refractivity contribution in [2.45, 2.75) is 19.9 Å². The van der Waals surface area contributed by atoms with Gasteiger partial charge in [0.1, 0.15) is 5.76 Å². The van der Waals surface area contributed by atoms with Crippen LogP contribution in [0.2, 0.25) is 0 Å². The molecule has 1 unspecified atom stereocenters. The molecule has 0 spiro atoms. The summed E-state index contributed by atoms with van der Waals surface area (Å²) in [6, 6.07) is 14.9. The van der Waals surface area contributed by atoms with Gasteiger partial charge in [-0.25, -0.2) is 4.98 Å². The minimum Gasteiger partial charge on any atom is -0.441 e. The Hall–Kier alpha value is -2.95. The SMILES string of the molecule is Cc1oc(-c2ccccc2)nc1C(=O)NC(C)c1ccccn1. The Morgan fingerprint density at radius 3 is 2.57 bits per heavy atom. The van der Waals surface area contributed by atoms with Gasteiger partial charge in [-0.1, -0.05) is 24.3 Å². The second-order valence-electron chi connectivity index (χ2n) is 5.24. The van der Waals surface area contributed by atoms with E-state index in [4.69, 9.17) is 4.42 Å². The molecule has 0 aliphatic heterocycles. The molecule has 0 aliphatic rings. The first kappa shape index (κ1) is 15.0. The normalized spacial score (nSPS) is 11.9. The van der Waals surface area contributed by atoms with Crippen LogP contribution in [0.25, 0.3) is 11.5 Å². The van der Waals surface area contributed by atoms with E-state index in [0.717, 1.165) is 11.3 Å². The number of carbonyl (C=O) groups is 1. The van der Waals surface area contributed by atoms with Gasteiger partial charge in [0.2, 0.25) is 5.89 Å². The standard InChI is InChI=1S/C18H17N3O2/c1-12(15-10-6-7-11-19-15)20-17(22)16-13(2)23-18(21-16)14-8-4-3-5-9-14/h3-12H,1-2H3,(H,20,22). The van der Waals surface area contributed by atoms with Gasteiger partial charge < -0.3 is 9.73 Å². The minimum atomic E-state index is -0.272. The summed E-state index contributed by atoms with van der Waals surface area (Å²) in [6.07, 6.45) is 1.70. The number of aromatic nitrogens is 2. The van der Waals surface area contributed by atoms with Crippen molar-refractivity contribution in [2.75, 3.05) is 0 Å². The van der Waals surface area contributed by atoms with Crippen LogP contribution in [0.4, 0.5) is 0 Å². The van der Waals surface area contributed by atoms with Crippen LogP contribution in [0.1, 0.15) is 34.9 Å². The first-order valence-corrected chi connectivity index (χ1v) is 7.40. The first-order valence-electron chi connectivity index (χ1n) is 7.40. The molecule has 2 heterocycles. The molecule has 116 valence electrons.